The number of hydrogen-bond donors (Lipinski definition) is 2. The molecule has 2 aromatic rings. The second-order valence-corrected chi connectivity index (χ2v) is 5.28. The monoisotopic (exact) mass is 279 g/mol. The van der Waals surface area contributed by atoms with Crippen molar-refractivity contribution < 1.29 is 0 Å². The van der Waals surface area contributed by atoms with Gasteiger partial charge in [-0.25, -0.2) is 4.98 Å². The van der Waals surface area contributed by atoms with E-state index in [-0.39, 0.29) is 0 Å². The maximum absolute atomic E-state index is 6.12. The molecule has 0 aliphatic carbocycles. The normalized spacial score (nSPS) is 16.9. The lowest BCUT2D eigenvalue weighted by atomic mass is 10.1. The molecule has 3 heterocycles. The summed E-state index contributed by atoms with van der Waals surface area (Å²) in [7, 11) is 0. The Bertz CT molecular complexity index is 574. The lowest BCUT2D eigenvalue weighted by Gasteiger charge is -2.24. The van der Waals surface area contributed by atoms with Crippen LogP contribution in [0.15, 0.2) is 12.3 Å². The largest absolute Gasteiger partial charge is 0.367 e. The molecule has 5 nitrogen and oxygen atoms in total. The minimum atomic E-state index is 0.470. The van der Waals surface area contributed by atoms with Crippen LogP contribution in [0.3, 0.4) is 0 Å². The highest BCUT2D eigenvalue weighted by molar-refractivity contribution is 6.29. The first-order valence-corrected chi connectivity index (χ1v) is 7.16. The van der Waals surface area contributed by atoms with Crippen molar-refractivity contribution in [2.45, 2.75) is 32.2 Å². The molecule has 0 aromatic carbocycles. The highest BCUT2D eigenvalue weighted by Gasteiger charge is 2.16. The number of nitrogens with zero attached hydrogens (tertiary/aromatic N) is 3. The van der Waals surface area contributed by atoms with Gasteiger partial charge < -0.3 is 10.6 Å². The van der Waals surface area contributed by atoms with Crippen molar-refractivity contribution in [1.82, 2.24) is 19.9 Å². The van der Waals surface area contributed by atoms with E-state index in [0.29, 0.717) is 11.2 Å². The Hall–Kier alpha value is -1.33. The standard InChI is InChI=1S/C13H18ClN5/c1-2-9-8-16-19-12(7-11(14)18-13(9)19)17-10-3-5-15-6-4-10/h7-8,10,15,17H,2-6H2,1H3. The summed E-state index contributed by atoms with van der Waals surface area (Å²) >= 11 is 6.12. The van der Waals surface area contributed by atoms with Crippen LogP contribution in [0, 0.1) is 0 Å². The van der Waals surface area contributed by atoms with E-state index in [1.165, 1.54) is 0 Å². The molecular weight excluding hydrogens is 262 g/mol. The molecule has 0 spiro atoms. The van der Waals surface area contributed by atoms with E-state index in [1.54, 1.807) is 0 Å². The SMILES string of the molecule is CCc1cnn2c(NC3CCNCC3)cc(Cl)nc12. The van der Waals surface area contributed by atoms with Gasteiger partial charge in [-0.1, -0.05) is 18.5 Å². The second-order valence-electron chi connectivity index (χ2n) is 4.89. The number of anilines is 1. The van der Waals surface area contributed by atoms with Crippen LogP contribution in [0.4, 0.5) is 5.82 Å². The van der Waals surface area contributed by atoms with Crippen molar-refractivity contribution in [1.29, 1.82) is 0 Å². The predicted molar refractivity (Wildman–Crippen MR) is 76.9 cm³/mol. The summed E-state index contributed by atoms with van der Waals surface area (Å²) < 4.78 is 1.85. The van der Waals surface area contributed by atoms with Crippen molar-refractivity contribution >= 4 is 23.1 Å². The van der Waals surface area contributed by atoms with Gasteiger partial charge >= 0.3 is 0 Å². The van der Waals surface area contributed by atoms with E-state index in [2.05, 4.69) is 27.6 Å². The summed E-state index contributed by atoms with van der Waals surface area (Å²) in [5.74, 6) is 0.932. The molecule has 19 heavy (non-hydrogen) atoms. The van der Waals surface area contributed by atoms with Crippen molar-refractivity contribution in [2.75, 3.05) is 18.4 Å². The zero-order valence-electron chi connectivity index (χ0n) is 11.0. The Morgan fingerprint density at radius 3 is 3.00 bits per heavy atom. The Morgan fingerprint density at radius 2 is 2.26 bits per heavy atom. The summed E-state index contributed by atoms with van der Waals surface area (Å²) in [4.78, 5) is 4.37. The number of aryl methyl sites for hydroxylation is 1. The third-order valence-electron chi connectivity index (χ3n) is 3.59. The molecule has 1 aliphatic rings. The molecular formula is C13H18ClN5. The van der Waals surface area contributed by atoms with Gasteiger partial charge in [0.05, 0.1) is 6.20 Å². The van der Waals surface area contributed by atoms with Gasteiger partial charge in [0, 0.05) is 17.7 Å². The number of aromatic nitrogens is 3. The molecule has 3 rings (SSSR count). The van der Waals surface area contributed by atoms with E-state index < -0.39 is 0 Å². The average molecular weight is 280 g/mol. The van der Waals surface area contributed by atoms with E-state index in [4.69, 9.17) is 11.6 Å². The molecule has 2 aromatic heterocycles. The highest BCUT2D eigenvalue weighted by atomic mass is 35.5. The fourth-order valence-corrected chi connectivity index (χ4v) is 2.69. The van der Waals surface area contributed by atoms with Gasteiger partial charge in [0.1, 0.15) is 11.0 Å². The Morgan fingerprint density at radius 1 is 1.47 bits per heavy atom. The number of fused-ring (bicyclic) bond motifs is 1. The van der Waals surface area contributed by atoms with Crippen LogP contribution in [0.25, 0.3) is 5.65 Å². The summed E-state index contributed by atoms with van der Waals surface area (Å²) in [6.07, 6.45) is 5.00. The fraction of sp³-hybridized carbons (Fsp3) is 0.538. The summed E-state index contributed by atoms with van der Waals surface area (Å²) in [6, 6.07) is 2.32. The van der Waals surface area contributed by atoms with Gasteiger partial charge in [-0.2, -0.15) is 9.61 Å². The van der Waals surface area contributed by atoms with Crippen molar-refractivity contribution in [3.05, 3.63) is 23.0 Å². The third-order valence-corrected chi connectivity index (χ3v) is 3.78. The number of rotatable bonds is 3. The minimum absolute atomic E-state index is 0.470. The van der Waals surface area contributed by atoms with E-state index in [1.807, 2.05) is 16.8 Å². The first-order valence-electron chi connectivity index (χ1n) is 6.78. The molecule has 1 aliphatic heterocycles. The van der Waals surface area contributed by atoms with Crippen molar-refractivity contribution in [3.63, 3.8) is 0 Å². The molecule has 0 bridgehead atoms. The van der Waals surface area contributed by atoms with Crippen LogP contribution < -0.4 is 10.6 Å². The van der Waals surface area contributed by atoms with Crippen LogP contribution in [0.2, 0.25) is 5.15 Å². The van der Waals surface area contributed by atoms with Gasteiger partial charge in [0.25, 0.3) is 0 Å². The van der Waals surface area contributed by atoms with Gasteiger partial charge in [-0.05, 0) is 32.4 Å². The molecule has 2 N–H and O–H groups in total. The molecule has 6 heteroatoms. The summed E-state index contributed by atoms with van der Waals surface area (Å²) in [6.45, 7) is 4.21. The molecule has 1 saturated heterocycles. The summed E-state index contributed by atoms with van der Waals surface area (Å²) in [5, 5.41) is 11.8. The predicted octanol–water partition coefficient (Wildman–Crippen LogP) is 2.11. The molecule has 0 amide bonds. The van der Waals surface area contributed by atoms with Gasteiger partial charge in [0.2, 0.25) is 0 Å². The minimum Gasteiger partial charge on any atom is -0.367 e. The molecule has 102 valence electrons. The first kappa shape index (κ1) is 12.7. The number of halogens is 1. The van der Waals surface area contributed by atoms with Crippen LogP contribution >= 0.6 is 11.6 Å². The third kappa shape index (κ3) is 2.53. The smallest absolute Gasteiger partial charge is 0.162 e. The quantitative estimate of drug-likeness (QED) is 0.845. The maximum atomic E-state index is 6.12. The zero-order valence-corrected chi connectivity index (χ0v) is 11.7. The lowest BCUT2D eigenvalue weighted by molar-refractivity contribution is 0.477. The van der Waals surface area contributed by atoms with Crippen LogP contribution in [0.5, 0.6) is 0 Å². The van der Waals surface area contributed by atoms with Crippen LogP contribution in [-0.4, -0.2) is 33.7 Å². The molecule has 0 radical (unpaired) electrons. The van der Waals surface area contributed by atoms with Crippen molar-refractivity contribution in [3.8, 4) is 0 Å². The highest BCUT2D eigenvalue weighted by Crippen LogP contribution is 2.21. The van der Waals surface area contributed by atoms with E-state index in [9.17, 15) is 0 Å². The molecule has 1 fully saturated rings. The molecule has 0 atom stereocenters. The van der Waals surface area contributed by atoms with Crippen molar-refractivity contribution in [2.24, 2.45) is 0 Å². The summed E-state index contributed by atoms with van der Waals surface area (Å²) in [5.41, 5.74) is 1.97. The van der Waals surface area contributed by atoms with Crippen LogP contribution in [-0.2, 0) is 6.42 Å². The Balaban J connectivity index is 1.95. The van der Waals surface area contributed by atoms with E-state index in [0.717, 1.165) is 49.4 Å². The zero-order chi connectivity index (χ0) is 13.2. The maximum Gasteiger partial charge on any atom is 0.162 e. The second kappa shape index (κ2) is 5.35. The van der Waals surface area contributed by atoms with Gasteiger partial charge in [0.15, 0.2) is 5.65 Å². The number of piperidine rings is 1. The number of hydrogen-bond acceptors (Lipinski definition) is 4. The first-order chi connectivity index (χ1) is 9.28. The molecule has 0 unspecified atom stereocenters. The Kier molecular flexibility index (Phi) is 3.57. The fourth-order valence-electron chi connectivity index (χ4n) is 2.51. The average Bonchev–Trinajstić information content (AvgIpc) is 2.83. The Labute approximate surface area is 117 Å². The van der Waals surface area contributed by atoms with Gasteiger partial charge in [-0.3, -0.25) is 0 Å². The number of nitrogens with one attached hydrogen (secondary N) is 2. The lowest BCUT2D eigenvalue weighted by Crippen LogP contribution is -2.35. The van der Waals surface area contributed by atoms with Crippen LogP contribution in [0.1, 0.15) is 25.3 Å². The molecule has 0 saturated carbocycles. The van der Waals surface area contributed by atoms with E-state index >= 15 is 0 Å². The topological polar surface area (TPSA) is 54.2 Å². The van der Waals surface area contributed by atoms with Gasteiger partial charge in [-0.15, -0.1) is 0 Å².